The number of carboxylic acid groups (broad SMARTS) is 1. The maximum absolute atomic E-state index is 11.4. The second-order valence-corrected chi connectivity index (χ2v) is 5.94. The second-order valence-electron chi connectivity index (χ2n) is 5.09. The fourth-order valence-electron chi connectivity index (χ4n) is 2.75. The van der Waals surface area contributed by atoms with Gasteiger partial charge in [0.15, 0.2) is 0 Å². The van der Waals surface area contributed by atoms with Gasteiger partial charge < -0.3 is 10.0 Å². The van der Waals surface area contributed by atoms with E-state index in [0.717, 1.165) is 25.1 Å². The molecule has 2 rings (SSSR count). The summed E-state index contributed by atoms with van der Waals surface area (Å²) in [7, 11) is 0. The van der Waals surface area contributed by atoms with Crippen LogP contribution in [0.25, 0.3) is 0 Å². The third-order valence-corrected chi connectivity index (χ3v) is 4.24. The molecule has 1 fully saturated rings. The van der Waals surface area contributed by atoms with Crippen LogP contribution in [0, 0.1) is 5.92 Å². The topological polar surface area (TPSA) is 40.5 Å². The lowest BCUT2D eigenvalue weighted by molar-refractivity contribution is 0.0696. The Morgan fingerprint density at radius 1 is 1.50 bits per heavy atom. The maximum Gasteiger partial charge on any atom is 0.338 e. The molecule has 1 aliphatic heterocycles. The average Bonchev–Trinajstić information content (AvgIpc) is 2.76. The predicted molar refractivity (Wildman–Crippen MR) is 76.3 cm³/mol. The molecule has 1 atom stereocenters. The van der Waals surface area contributed by atoms with E-state index in [1.165, 1.54) is 0 Å². The van der Waals surface area contributed by atoms with Crippen LogP contribution in [0.1, 0.15) is 37.0 Å². The van der Waals surface area contributed by atoms with Crippen molar-refractivity contribution in [1.29, 1.82) is 0 Å². The number of carbonyl (C=O) groups is 1. The van der Waals surface area contributed by atoms with Crippen molar-refractivity contribution in [2.45, 2.75) is 32.7 Å². The van der Waals surface area contributed by atoms with Crippen molar-refractivity contribution in [3.05, 3.63) is 28.2 Å². The molecule has 1 N–H and O–H groups in total. The van der Waals surface area contributed by atoms with Gasteiger partial charge in [-0.3, -0.25) is 0 Å². The number of aromatic carboxylic acids is 1. The third-order valence-electron chi connectivity index (χ3n) is 3.58. The van der Waals surface area contributed by atoms with Crippen molar-refractivity contribution in [1.82, 2.24) is 0 Å². The Bertz CT molecular complexity index is 459. The average molecular weight is 312 g/mol. The van der Waals surface area contributed by atoms with Gasteiger partial charge in [0, 0.05) is 17.1 Å². The van der Waals surface area contributed by atoms with Gasteiger partial charge in [-0.25, -0.2) is 4.79 Å². The highest BCUT2D eigenvalue weighted by Crippen LogP contribution is 2.34. The predicted octanol–water partition coefficient (Wildman–Crippen LogP) is 3.77. The van der Waals surface area contributed by atoms with Crippen molar-refractivity contribution in [3.8, 4) is 0 Å². The first kappa shape index (κ1) is 13.4. The van der Waals surface area contributed by atoms with E-state index in [1.807, 2.05) is 12.1 Å². The SMILES string of the molecule is CC(C)C1CCCN1c1cccc(Br)c1C(=O)O. The number of anilines is 1. The Labute approximate surface area is 116 Å². The highest BCUT2D eigenvalue weighted by Gasteiger charge is 2.30. The van der Waals surface area contributed by atoms with Gasteiger partial charge in [0.25, 0.3) is 0 Å². The van der Waals surface area contributed by atoms with Gasteiger partial charge in [-0.15, -0.1) is 0 Å². The number of hydrogen-bond donors (Lipinski definition) is 1. The third kappa shape index (κ3) is 2.39. The largest absolute Gasteiger partial charge is 0.478 e. The lowest BCUT2D eigenvalue weighted by Gasteiger charge is -2.31. The van der Waals surface area contributed by atoms with Crippen LogP contribution in [-0.2, 0) is 0 Å². The summed E-state index contributed by atoms with van der Waals surface area (Å²) in [6.45, 7) is 5.34. The first-order valence-corrected chi connectivity index (χ1v) is 7.10. The highest BCUT2D eigenvalue weighted by atomic mass is 79.9. The number of hydrogen-bond acceptors (Lipinski definition) is 2. The van der Waals surface area contributed by atoms with Crippen LogP contribution in [0.5, 0.6) is 0 Å². The molecule has 1 heterocycles. The molecular formula is C14H18BrNO2. The minimum atomic E-state index is -0.869. The summed E-state index contributed by atoms with van der Waals surface area (Å²) in [5, 5.41) is 9.38. The number of carboxylic acids is 1. The molecule has 18 heavy (non-hydrogen) atoms. The molecule has 0 amide bonds. The Balaban J connectivity index is 2.44. The summed E-state index contributed by atoms with van der Waals surface area (Å²) in [6.07, 6.45) is 2.28. The van der Waals surface area contributed by atoms with Crippen LogP contribution in [0.2, 0.25) is 0 Å². The smallest absolute Gasteiger partial charge is 0.338 e. The molecule has 0 spiro atoms. The zero-order chi connectivity index (χ0) is 13.3. The molecule has 3 nitrogen and oxygen atoms in total. The van der Waals surface area contributed by atoms with E-state index in [2.05, 4.69) is 34.7 Å². The van der Waals surface area contributed by atoms with Crippen LogP contribution in [0.3, 0.4) is 0 Å². The monoisotopic (exact) mass is 311 g/mol. The van der Waals surface area contributed by atoms with Crippen molar-refractivity contribution < 1.29 is 9.90 Å². The van der Waals surface area contributed by atoms with Crippen LogP contribution >= 0.6 is 15.9 Å². The van der Waals surface area contributed by atoms with Crippen molar-refractivity contribution in [2.75, 3.05) is 11.4 Å². The van der Waals surface area contributed by atoms with Gasteiger partial charge in [0.2, 0.25) is 0 Å². The fraction of sp³-hybridized carbons (Fsp3) is 0.500. The summed E-state index contributed by atoms with van der Waals surface area (Å²) in [5.74, 6) is -0.333. The van der Waals surface area contributed by atoms with E-state index >= 15 is 0 Å². The standard InChI is InChI=1S/C14H18BrNO2/c1-9(2)11-7-4-8-16(11)12-6-3-5-10(15)13(12)14(17)18/h3,5-6,9,11H,4,7-8H2,1-2H3,(H,17,18). The summed E-state index contributed by atoms with van der Waals surface area (Å²) < 4.78 is 0.655. The van der Waals surface area contributed by atoms with E-state index in [-0.39, 0.29) is 0 Å². The van der Waals surface area contributed by atoms with Crippen molar-refractivity contribution in [2.24, 2.45) is 5.92 Å². The van der Waals surface area contributed by atoms with Crippen LogP contribution in [0.4, 0.5) is 5.69 Å². The number of halogens is 1. The molecule has 98 valence electrons. The van der Waals surface area contributed by atoms with Crippen LogP contribution in [0.15, 0.2) is 22.7 Å². The van der Waals surface area contributed by atoms with E-state index in [0.29, 0.717) is 22.0 Å². The molecule has 0 radical (unpaired) electrons. The number of rotatable bonds is 3. The van der Waals surface area contributed by atoms with Crippen molar-refractivity contribution >= 4 is 27.6 Å². The van der Waals surface area contributed by atoms with Gasteiger partial charge in [-0.1, -0.05) is 19.9 Å². The quantitative estimate of drug-likeness (QED) is 0.923. The Morgan fingerprint density at radius 2 is 2.22 bits per heavy atom. The second kappa shape index (κ2) is 5.31. The van der Waals surface area contributed by atoms with Gasteiger partial charge in [0.1, 0.15) is 0 Å². The number of benzene rings is 1. The van der Waals surface area contributed by atoms with E-state index in [9.17, 15) is 9.90 Å². The van der Waals surface area contributed by atoms with Crippen molar-refractivity contribution in [3.63, 3.8) is 0 Å². The zero-order valence-electron chi connectivity index (χ0n) is 10.7. The van der Waals surface area contributed by atoms with Gasteiger partial charge in [0.05, 0.1) is 11.3 Å². The fourth-order valence-corrected chi connectivity index (χ4v) is 3.27. The summed E-state index contributed by atoms with van der Waals surface area (Å²) in [5.41, 5.74) is 1.22. The molecule has 0 saturated carbocycles. The lowest BCUT2D eigenvalue weighted by atomic mass is 10.0. The first-order valence-electron chi connectivity index (χ1n) is 6.31. The van der Waals surface area contributed by atoms with E-state index in [4.69, 9.17) is 0 Å². The minimum absolute atomic E-state index is 0.380. The summed E-state index contributed by atoms with van der Waals surface area (Å²) in [4.78, 5) is 13.7. The number of nitrogens with zero attached hydrogens (tertiary/aromatic N) is 1. The Kier molecular flexibility index (Phi) is 3.95. The first-order chi connectivity index (χ1) is 8.52. The molecule has 0 aliphatic carbocycles. The summed E-state index contributed by atoms with van der Waals surface area (Å²) >= 11 is 3.34. The molecule has 4 heteroatoms. The highest BCUT2D eigenvalue weighted by molar-refractivity contribution is 9.10. The molecule has 1 aromatic carbocycles. The van der Waals surface area contributed by atoms with Gasteiger partial charge >= 0.3 is 5.97 Å². The molecule has 1 aromatic rings. The van der Waals surface area contributed by atoms with Crippen LogP contribution in [-0.4, -0.2) is 23.7 Å². The zero-order valence-corrected chi connectivity index (χ0v) is 12.3. The Morgan fingerprint density at radius 3 is 2.83 bits per heavy atom. The normalized spacial score (nSPS) is 19.6. The van der Waals surface area contributed by atoms with E-state index in [1.54, 1.807) is 6.07 Å². The maximum atomic E-state index is 11.4. The Hall–Kier alpha value is -1.03. The van der Waals surface area contributed by atoms with Crippen LogP contribution < -0.4 is 4.90 Å². The molecule has 1 saturated heterocycles. The molecular weight excluding hydrogens is 294 g/mol. The molecule has 1 aliphatic rings. The molecule has 0 bridgehead atoms. The van der Waals surface area contributed by atoms with Gasteiger partial charge in [-0.2, -0.15) is 0 Å². The summed E-state index contributed by atoms with van der Waals surface area (Å²) in [6, 6.07) is 6.04. The van der Waals surface area contributed by atoms with E-state index < -0.39 is 5.97 Å². The lowest BCUT2D eigenvalue weighted by Crippen LogP contribution is -2.34. The molecule has 0 aromatic heterocycles. The molecule has 1 unspecified atom stereocenters. The minimum Gasteiger partial charge on any atom is -0.478 e. The van der Waals surface area contributed by atoms with Gasteiger partial charge in [-0.05, 0) is 46.8 Å².